The second kappa shape index (κ2) is 5.12. The number of pyridine rings is 1. The van der Waals surface area contributed by atoms with Crippen LogP contribution in [0.3, 0.4) is 0 Å². The van der Waals surface area contributed by atoms with E-state index in [1.807, 2.05) is 28.7 Å². The van der Waals surface area contributed by atoms with Crippen molar-refractivity contribution in [2.24, 2.45) is 0 Å². The van der Waals surface area contributed by atoms with Gasteiger partial charge < -0.3 is 0 Å². The van der Waals surface area contributed by atoms with Crippen LogP contribution in [0.4, 0.5) is 0 Å². The van der Waals surface area contributed by atoms with E-state index in [-0.39, 0.29) is 4.90 Å². The summed E-state index contributed by atoms with van der Waals surface area (Å²) in [5, 5.41) is 0.823. The molecule has 0 saturated carbocycles. The Labute approximate surface area is 138 Å². The van der Waals surface area contributed by atoms with Gasteiger partial charge >= 0.3 is 0 Å². The highest BCUT2D eigenvalue weighted by Gasteiger charge is 2.22. The van der Waals surface area contributed by atoms with Crippen LogP contribution in [-0.4, -0.2) is 17.4 Å². The lowest BCUT2D eigenvalue weighted by Crippen LogP contribution is -2.14. The molecule has 0 bridgehead atoms. The molecule has 2 aromatic heterocycles. The molecule has 102 valence electrons. The summed E-state index contributed by atoms with van der Waals surface area (Å²) in [6.07, 6.45) is 3.21. The molecule has 0 spiro atoms. The highest BCUT2D eigenvalue weighted by atomic mass is 127. The molecule has 0 aliphatic carbocycles. The molecule has 0 fully saturated rings. The van der Waals surface area contributed by atoms with Crippen LogP contribution in [0.1, 0.15) is 0 Å². The van der Waals surface area contributed by atoms with Crippen LogP contribution >= 0.6 is 38.5 Å². The van der Waals surface area contributed by atoms with Gasteiger partial charge in [0, 0.05) is 16.1 Å². The SMILES string of the molecule is O=S(=O)(c1ccccc1)n1c(I)cc2c(Br)cncc21. The molecule has 0 unspecified atom stereocenters. The van der Waals surface area contributed by atoms with Crippen LogP contribution < -0.4 is 0 Å². The van der Waals surface area contributed by atoms with Crippen LogP contribution in [0.5, 0.6) is 0 Å². The lowest BCUT2D eigenvalue weighted by atomic mass is 10.3. The number of rotatable bonds is 2. The van der Waals surface area contributed by atoms with Crippen molar-refractivity contribution in [3.05, 3.63) is 57.0 Å². The molecular formula is C13H8BrIN2O2S. The van der Waals surface area contributed by atoms with Gasteiger partial charge in [-0.25, -0.2) is 12.4 Å². The lowest BCUT2D eigenvalue weighted by Gasteiger charge is -2.08. The van der Waals surface area contributed by atoms with Crippen molar-refractivity contribution in [3.8, 4) is 0 Å². The number of nitrogens with zero attached hydrogens (tertiary/aromatic N) is 2. The fourth-order valence-electron chi connectivity index (χ4n) is 1.97. The van der Waals surface area contributed by atoms with Gasteiger partial charge in [-0.2, -0.15) is 0 Å². The van der Waals surface area contributed by atoms with E-state index in [1.54, 1.807) is 42.7 Å². The summed E-state index contributed by atoms with van der Waals surface area (Å²) in [6.45, 7) is 0. The predicted molar refractivity (Wildman–Crippen MR) is 89.2 cm³/mol. The third-order valence-electron chi connectivity index (χ3n) is 2.88. The van der Waals surface area contributed by atoms with E-state index in [1.165, 1.54) is 3.97 Å². The average molecular weight is 463 g/mol. The summed E-state index contributed by atoms with van der Waals surface area (Å²) >= 11 is 5.41. The average Bonchev–Trinajstić information content (AvgIpc) is 2.78. The maximum Gasteiger partial charge on any atom is 0.269 e. The number of halogens is 2. The first-order chi connectivity index (χ1) is 9.51. The Kier molecular flexibility index (Phi) is 3.59. The first-order valence-electron chi connectivity index (χ1n) is 5.63. The molecule has 4 nitrogen and oxygen atoms in total. The molecule has 2 heterocycles. The van der Waals surface area contributed by atoms with E-state index >= 15 is 0 Å². The van der Waals surface area contributed by atoms with Gasteiger partial charge in [-0.15, -0.1) is 0 Å². The van der Waals surface area contributed by atoms with E-state index in [0.717, 1.165) is 9.86 Å². The maximum atomic E-state index is 12.8. The van der Waals surface area contributed by atoms with Gasteiger partial charge in [0.1, 0.15) is 0 Å². The minimum absolute atomic E-state index is 0.260. The molecule has 0 atom stereocenters. The van der Waals surface area contributed by atoms with Gasteiger partial charge in [-0.05, 0) is 56.7 Å². The molecule has 7 heteroatoms. The van der Waals surface area contributed by atoms with Crippen molar-refractivity contribution in [2.45, 2.75) is 4.90 Å². The van der Waals surface area contributed by atoms with Crippen LogP contribution in [0.25, 0.3) is 10.9 Å². The first-order valence-corrected chi connectivity index (χ1v) is 8.94. The standard InChI is InChI=1S/C13H8BrIN2O2S/c14-11-7-16-8-12-10(11)6-13(15)17(12)20(18,19)9-4-2-1-3-5-9/h1-8H. The predicted octanol–water partition coefficient (Wildman–Crippen LogP) is 3.64. The fraction of sp³-hybridized carbons (Fsp3) is 0. The Morgan fingerprint density at radius 1 is 1.15 bits per heavy atom. The summed E-state index contributed by atoms with van der Waals surface area (Å²) in [6, 6.07) is 10.2. The van der Waals surface area contributed by atoms with Crippen molar-refractivity contribution < 1.29 is 8.42 Å². The molecule has 0 aliphatic heterocycles. The monoisotopic (exact) mass is 462 g/mol. The molecular weight excluding hydrogens is 455 g/mol. The Morgan fingerprint density at radius 3 is 2.55 bits per heavy atom. The third kappa shape index (κ3) is 2.17. The summed E-state index contributed by atoms with van der Waals surface area (Å²) in [4.78, 5) is 4.32. The molecule has 3 aromatic rings. The molecule has 0 saturated heterocycles. The van der Waals surface area contributed by atoms with Crippen molar-refractivity contribution >= 4 is 59.4 Å². The van der Waals surface area contributed by atoms with Crippen molar-refractivity contribution in [1.82, 2.24) is 8.96 Å². The zero-order chi connectivity index (χ0) is 14.3. The molecule has 0 amide bonds. The number of benzene rings is 1. The largest absolute Gasteiger partial charge is 0.269 e. The molecule has 3 rings (SSSR count). The van der Waals surface area contributed by atoms with Gasteiger partial charge in [0.2, 0.25) is 0 Å². The van der Waals surface area contributed by atoms with E-state index in [2.05, 4.69) is 20.9 Å². The lowest BCUT2D eigenvalue weighted by molar-refractivity contribution is 0.588. The maximum absolute atomic E-state index is 12.8. The Hall–Kier alpha value is -0.930. The van der Waals surface area contributed by atoms with Crippen molar-refractivity contribution in [3.63, 3.8) is 0 Å². The molecule has 0 aliphatic rings. The second-order valence-corrected chi connectivity index (χ2v) is 7.85. The Balaban J connectivity index is 2.36. The summed E-state index contributed by atoms with van der Waals surface area (Å²) < 4.78 is 28.2. The number of aromatic nitrogens is 2. The van der Waals surface area contributed by atoms with Gasteiger partial charge in [-0.1, -0.05) is 18.2 Å². The van der Waals surface area contributed by atoms with Crippen molar-refractivity contribution in [1.29, 1.82) is 0 Å². The Bertz CT molecular complexity index is 891. The molecule has 1 aromatic carbocycles. The first kappa shape index (κ1) is 14.0. The number of hydrogen-bond acceptors (Lipinski definition) is 3. The van der Waals surface area contributed by atoms with Crippen LogP contribution in [0.2, 0.25) is 0 Å². The second-order valence-electron chi connectivity index (χ2n) is 4.10. The van der Waals surface area contributed by atoms with E-state index in [0.29, 0.717) is 9.22 Å². The molecule has 20 heavy (non-hydrogen) atoms. The number of hydrogen-bond donors (Lipinski definition) is 0. The highest BCUT2D eigenvalue weighted by molar-refractivity contribution is 14.1. The van der Waals surface area contributed by atoms with Crippen LogP contribution in [-0.2, 0) is 10.0 Å². The smallest absolute Gasteiger partial charge is 0.261 e. The zero-order valence-electron chi connectivity index (χ0n) is 9.99. The topological polar surface area (TPSA) is 52.0 Å². The van der Waals surface area contributed by atoms with E-state index in [4.69, 9.17) is 0 Å². The highest BCUT2D eigenvalue weighted by Crippen LogP contribution is 2.30. The Morgan fingerprint density at radius 2 is 1.85 bits per heavy atom. The van der Waals surface area contributed by atoms with E-state index in [9.17, 15) is 8.42 Å². The van der Waals surface area contributed by atoms with Gasteiger partial charge in [0.05, 0.1) is 20.3 Å². The van der Waals surface area contributed by atoms with Gasteiger partial charge in [0.25, 0.3) is 10.0 Å². The zero-order valence-corrected chi connectivity index (χ0v) is 14.6. The van der Waals surface area contributed by atoms with Crippen LogP contribution in [0, 0.1) is 3.70 Å². The quantitative estimate of drug-likeness (QED) is 0.546. The van der Waals surface area contributed by atoms with Crippen molar-refractivity contribution in [2.75, 3.05) is 0 Å². The molecule has 0 N–H and O–H groups in total. The minimum Gasteiger partial charge on any atom is -0.261 e. The van der Waals surface area contributed by atoms with Crippen LogP contribution in [0.15, 0.2) is 58.2 Å². The van der Waals surface area contributed by atoms with Gasteiger partial charge in [0.15, 0.2) is 0 Å². The van der Waals surface area contributed by atoms with E-state index < -0.39 is 10.0 Å². The summed E-state index contributed by atoms with van der Waals surface area (Å²) in [5.41, 5.74) is 0.563. The summed E-state index contributed by atoms with van der Waals surface area (Å²) in [7, 11) is -3.62. The van der Waals surface area contributed by atoms with Gasteiger partial charge in [-0.3, -0.25) is 4.98 Å². The molecule has 0 radical (unpaired) electrons. The number of fused-ring (bicyclic) bond motifs is 1. The summed E-state index contributed by atoms with van der Waals surface area (Å²) in [5.74, 6) is 0. The minimum atomic E-state index is -3.62. The third-order valence-corrected chi connectivity index (χ3v) is 6.37. The fourth-order valence-corrected chi connectivity index (χ4v) is 5.16. The normalized spacial score (nSPS) is 11.9.